The van der Waals surface area contributed by atoms with Crippen LogP contribution in [0.4, 0.5) is 11.4 Å². The number of anilines is 2. The first-order valence-electron chi connectivity index (χ1n) is 8.45. The fraction of sp³-hybridized carbons (Fsp3) is 0.286. The Hall–Kier alpha value is -2.75. The third-order valence-corrected chi connectivity index (χ3v) is 4.23. The summed E-state index contributed by atoms with van der Waals surface area (Å²) < 4.78 is 5.83. The number of carbonyl (C=O) groups is 1. The molecule has 0 radical (unpaired) electrons. The largest absolute Gasteiger partial charge is 0.457 e. The summed E-state index contributed by atoms with van der Waals surface area (Å²) in [6, 6.07) is 13.4. The highest BCUT2D eigenvalue weighted by Gasteiger charge is 2.27. The maximum atomic E-state index is 11.9. The quantitative estimate of drug-likeness (QED) is 0.767. The van der Waals surface area contributed by atoms with E-state index in [2.05, 4.69) is 19.2 Å². The molecule has 0 spiro atoms. The molecule has 0 aromatic heterocycles. The number of nitrogens with two attached hydrogens (primary N) is 1. The first-order valence-corrected chi connectivity index (χ1v) is 8.45. The van der Waals surface area contributed by atoms with E-state index in [1.54, 1.807) is 12.1 Å². The summed E-state index contributed by atoms with van der Waals surface area (Å²) in [5, 5.41) is 3.29. The number of benzene rings is 2. The van der Waals surface area contributed by atoms with E-state index in [9.17, 15) is 4.79 Å². The van der Waals surface area contributed by atoms with Gasteiger partial charge < -0.3 is 15.8 Å². The van der Waals surface area contributed by atoms with Crippen LogP contribution < -0.4 is 15.8 Å². The lowest BCUT2D eigenvalue weighted by Crippen LogP contribution is -2.24. The number of allylic oxidation sites excluding steroid dienone is 2. The Morgan fingerprint density at radius 3 is 2.36 bits per heavy atom. The van der Waals surface area contributed by atoms with Crippen molar-refractivity contribution in [1.82, 2.24) is 0 Å². The predicted molar refractivity (Wildman–Crippen MR) is 102 cm³/mol. The van der Waals surface area contributed by atoms with E-state index in [-0.39, 0.29) is 11.2 Å². The topological polar surface area (TPSA) is 64.3 Å². The number of hydrogen-bond acceptors (Lipinski definition) is 4. The molecule has 0 saturated carbocycles. The summed E-state index contributed by atoms with van der Waals surface area (Å²) in [6.45, 7) is 6.23. The van der Waals surface area contributed by atoms with Gasteiger partial charge in [0, 0.05) is 24.3 Å². The molecule has 4 heteroatoms. The number of carbonyl (C=O) groups excluding carboxylic acids is 1. The highest BCUT2D eigenvalue weighted by atomic mass is 16.5. The lowest BCUT2D eigenvalue weighted by atomic mass is 9.79. The summed E-state index contributed by atoms with van der Waals surface area (Å²) in [4.78, 5) is 11.9. The predicted octanol–water partition coefficient (Wildman–Crippen LogP) is 5.05. The number of ether oxygens (including phenoxy) is 1. The molecule has 0 bridgehead atoms. The molecule has 0 amide bonds. The Balaban J connectivity index is 1.74. The first kappa shape index (κ1) is 17.1. The fourth-order valence-electron chi connectivity index (χ4n) is 3.06. The monoisotopic (exact) mass is 336 g/mol. The molecular formula is C21H24N2O2. The Morgan fingerprint density at radius 1 is 1.04 bits per heavy atom. The third-order valence-electron chi connectivity index (χ3n) is 4.23. The van der Waals surface area contributed by atoms with Crippen LogP contribution in [0.15, 0.2) is 54.2 Å². The summed E-state index contributed by atoms with van der Waals surface area (Å²) in [5.41, 5.74) is 9.59. The molecule has 1 aliphatic rings. The second kappa shape index (κ2) is 6.63. The van der Waals surface area contributed by atoms with Gasteiger partial charge in [-0.25, -0.2) is 0 Å². The van der Waals surface area contributed by atoms with Gasteiger partial charge in [-0.05, 0) is 43.0 Å². The minimum atomic E-state index is -0.0303. The molecule has 1 aliphatic carbocycles. The molecule has 3 rings (SSSR count). The van der Waals surface area contributed by atoms with Crippen molar-refractivity contribution >= 4 is 17.2 Å². The van der Waals surface area contributed by atoms with E-state index >= 15 is 0 Å². The maximum absolute atomic E-state index is 11.9. The van der Waals surface area contributed by atoms with Crippen LogP contribution in [0.2, 0.25) is 0 Å². The smallest absolute Gasteiger partial charge is 0.157 e. The van der Waals surface area contributed by atoms with Crippen LogP contribution in [0.1, 0.15) is 32.3 Å². The Bertz CT molecular complexity index is 820. The third kappa shape index (κ3) is 4.41. The van der Waals surface area contributed by atoms with Gasteiger partial charge in [-0.2, -0.15) is 0 Å². The van der Waals surface area contributed by atoms with E-state index in [4.69, 9.17) is 10.5 Å². The Kier molecular flexibility index (Phi) is 4.53. The van der Waals surface area contributed by atoms with Crippen molar-refractivity contribution in [3.05, 3.63) is 59.8 Å². The van der Waals surface area contributed by atoms with E-state index in [0.717, 1.165) is 23.6 Å². The van der Waals surface area contributed by atoms with E-state index < -0.39 is 0 Å². The van der Waals surface area contributed by atoms with Crippen LogP contribution in [-0.4, -0.2) is 5.78 Å². The minimum absolute atomic E-state index is 0.0303. The Labute approximate surface area is 148 Å². The van der Waals surface area contributed by atoms with Crippen molar-refractivity contribution in [3.8, 4) is 11.5 Å². The molecule has 25 heavy (non-hydrogen) atoms. The van der Waals surface area contributed by atoms with Crippen LogP contribution in [0, 0.1) is 12.3 Å². The van der Waals surface area contributed by atoms with Crippen LogP contribution in [0.3, 0.4) is 0 Å². The summed E-state index contributed by atoms with van der Waals surface area (Å²) in [5.74, 6) is 1.60. The second-order valence-corrected chi connectivity index (χ2v) is 7.44. The molecule has 130 valence electrons. The fourth-order valence-corrected chi connectivity index (χ4v) is 3.06. The molecule has 0 atom stereocenters. The van der Waals surface area contributed by atoms with Crippen molar-refractivity contribution in [2.75, 3.05) is 11.1 Å². The lowest BCUT2D eigenvalue weighted by Gasteiger charge is -2.29. The van der Waals surface area contributed by atoms with Crippen molar-refractivity contribution in [1.29, 1.82) is 0 Å². The van der Waals surface area contributed by atoms with Gasteiger partial charge in [0.2, 0.25) is 0 Å². The molecule has 3 N–H and O–H groups in total. The van der Waals surface area contributed by atoms with E-state index in [1.165, 1.54) is 5.56 Å². The number of rotatable bonds is 4. The van der Waals surface area contributed by atoms with Crippen molar-refractivity contribution in [3.63, 3.8) is 0 Å². The maximum Gasteiger partial charge on any atom is 0.157 e. The van der Waals surface area contributed by atoms with Crippen LogP contribution >= 0.6 is 0 Å². The molecular weight excluding hydrogens is 312 g/mol. The summed E-state index contributed by atoms with van der Waals surface area (Å²) in [7, 11) is 0. The zero-order chi connectivity index (χ0) is 18.0. The van der Waals surface area contributed by atoms with Gasteiger partial charge in [0.15, 0.2) is 5.78 Å². The average Bonchev–Trinajstić information content (AvgIpc) is 2.50. The number of nitrogens with one attached hydrogen (secondary N) is 1. The number of ketones is 1. The van der Waals surface area contributed by atoms with Gasteiger partial charge in [-0.1, -0.05) is 31.5 Å². The highest BCUT2D eigenvalue weighted by molar-refractivity contribution is 5.92. The van der Waals surface area contributed by atoms with Gasteiger partial charge in [-0.3, -0.25) is 4.79 Å². The Morgan fingerprint density at radius 2 is 1.72 bits per heavy atom. The van der Waals surface area contributed by atoms with E-state index in [0.29, 0.717) is 17.9 Å². The van der Waals surface area contributed by atoms with Crippen LogP contribution in [0.5, 0.6) is 11.5 Å². The van der Waals surface area contributed by atoms with Gasteiger partial charge in [0.25, 0.3) is 0 Å². The zero-order valence-corrected chi connectivity index (χ0v) is 14.9. The molecule has 2 aromatic carbocycles. The standard InChI is InChI=1S/C21H24N2O2/c1-14-4-6-17(7-5-14)25-18-8-9-20(19(22)11-18)23-15-10-16(24)13-21(2,3)12-15/h4-11,23H,12-13,22H2,1-3H3. The molecule has 0 aliphatic heterocycles. The molecule has 0 heterocycles. The second-order valence-electron chi connectivity index (χ2n) is 7.44. The molecule has 0 unspecified atom stereocenters. The van der Waals surface area contributed by atoms with Crippen molar-refractivity contribution in [2.45, 2.75) is 33.6 Å². The molecule has 2 aromatic rings. The van der Waals surface area contributed by atoms with Crippen molar-refractivity contribution in [2.24, 2.45) is 5.41 Å². The van der Waals surface area contributed by atoms with Crippen LogP contribution in [-0.2, 0) is 4.79 Å². The van der Waals surface area contributed by atoms with Gasteiger partial charge >= 0.3 is 0 Å². The van der Waals surface area contributed by atoms with Crippen LogP contribution in [0.25, 0.3) is 0 Å². The first-order chi connectivity index (χ1) is 11.8. The molecule has 0 fully saturated rings. The minimum Gasteiger partial charge on any atom is -0.457 e. The van der Waals surface area contributed by atoms with Crippen molar-refractivity contribution < 1.29 is 9.53 Å². The number of aryl methyl sites for hydroxylation is 1. The number of nitrogen functional groups attached to an aromatic ring is 1. The van der Waals surface area contributed by atoms with E-state index in [1.807, 2.05) is 43.3 Å². The van der Waals surface area contributed by atoms with Gasteiger partial charge in [0.1, 0.15) is 11.5 Å². The highest BCUT2D eigenvalue weighted by Crippen LogP contribution is 2.35. The summed E-state index contributed by atoms with van der Waals surface area (Å²) in [6.07, 6.45) is 3.08. The SMILES string of the molecule is Cc1ccc(Oc2ccc(NC3=CC(=O)CC(C)(C)C3)c(N)c2)cc1. The zero-order valence-electron chi connectivity index (χ0n) is 14.9. The summed E-state index contributed by atoms with van der Waals surface area (Å²) >= 11 is 0. The average molecular weight is 336 g/mol. The number of hydrogen-bond donors (Lipinski definition) is 2. The molecule has 0 saturated heterocycles. The normalized spacial score (nSPS) is 16.3. The van der Waals surface area contributed by atoms with Gasteiger partial charge in [-0.15, -0.1) is 0 Å². The van der Waals surface area contributed by atoms with Gasteiger partial charge in [0.05, 0.1) is 11.4 Å². The molecule has 4 nitrogen and oxygen atoms in total. The lowest BCUT2D eigenvalue weighted by molar-refractivity contribution is -0.117.